The second-order valence-electron chi connectivity index (χ2n) is 3.41. The van der Waals surface area contributed by atoms with Crippen molar-refractivity contribution in [2.45, 2.75) is 25.8 Å². The van der Waals surface area contributed by atoms with Gasteiger partial charge in [-0.15, -0.1) is 0 Å². The molecule has 1 N–H and O–H groups in total. The van der Waals surface area contributed by atoms with E-state index in [2.05, 4.69) is 33.8 Å². The Bertz CT molecular complexity index is 285. The molecule has 1 unspecified atom stereocenters. The molecule has 0 spiro atoms. The van der Waals surface area contributed by atoms with Crippen LogP contribution in [0.3, 0.4) is 0 Å². The number of rotatable bonds is 6. The summed E-state index contributed by atoms with van der Waals surface area (Å²) in [5, 5.41) is 7.57. The van der Waals surface area contributed by atoms with Crippen LogP contribution in [0.5, 0.6) is 0 Å². The molecule has 1 aromatic rings. The van der Waals surface area contributed by atoms with Gasteiger partial charge in [0, 0.05) is 12.5 Å². The van der Waals surface area contributed by atoms with Crippen LogP contribution in [0.1, 0.15) is 31.4 Å². The van der Waals surface area contributed by atoms with E-state index < -0.39 is 0 Å². The van der Waals surface area contributed by atoms with Gasteiger partial charge in [0.1, 0.15) is 0 Å². The minimum absolute atomic E-state index is 0.139. The first-order chi connectivity index (χ1) is 7.24. The third-order valence-electron chi connectivity index (χ3n) is 2.28. The molecule has 1 heterocycles. The van der Waals surface area contributed by atoms with Crippen molar-refractivity contribution in [3.05, 3.63) is 22.4 Å². The Hall–Kier alpha value is -0.870. The van der Waals surface area contributed by atoms with E-state index in [1.54, 1.807) is 11.3 Å². The molecule has 0 aliphatic carbocycles. The summed E-state index contributed by atoms with van der Waals surface area (Å²) in [6.45, 7) is 2.96. The maximum absolute atomic E-state index is 10.8. The highest BCUT2D eigenvalue weighted by Gasteiger charge is 2.05. The van der Waals surface area contributed by atoms with E-state index in [0.29, 0.717) is 12.5 Å². The van der Waals surface area contributed by atoms with Gasteiger partial charge in [-0.05, 0) is 42.3 Å². The summed E-state index contributed by atoms with van der Waals surface area (Å²) in [6.07, 6.45) is 1.31. The Morgan fingerprint density at radius 3 is 3.07 bits per heavy atom. The smallest absolute Gasteiger partial charge is 0.305 e. The largest absolute Gasteiger partial charge is 0.469 e. The molecule has 0 fully saturated rings. The zero-order valence-electron chi connectivity index (χ0n) is 9.16. The number of methoxy groups -OCH3 is 1. The van der Waals surface area contributed by atoms with Crippen molar-refractivity contribution < 1.29 is 9.53 Å². The minimum atomic E-state index is -0.139. The lowest BCUT2D eigenvalue weighted by Gasteiger charge is -2.11. The van der Waals surface area contributed by atoms with Crippen LogP contribution in [-0.4, -0.2) is 19.6 Å². The first-order valence-electron chi connectivity index (χ1n) is 5.06. The van der Waals surface area contributed by atoms with E-state index in [1.165, 1.54) is 12.7 Å². The first-order valence-corrected chi connectivity index (χ1v) is 6.00. The average molecular weight is 227 g/mol. The molecular formula is C11H17NO2S. The van der Waals surface area contributed by atoms with E-state index in [0.717, 1.165) is 13.0 Å². The summed E-state index contributed by atoms with van der Waals surface area (Å²) in [5.74, 6) is -0.139. The third-order valence-corrected chi connectivity index (χ3v) is 2.98. The van der Waals surface area contributed by atoms with E-state index in [-0.39, 0.29) is 5.97 Å². The summed E-state index contributed by atoms with van der Waals surface area (Å²) < 4.78 is 4.56. The molecule has 1 rings (SSSR count). The van der Waals surface area contributed by atoms with Crippen LogP contribution < -0.4 is 5.32 Å². The van der Waals surface area contributed by atoms with Gasteiger partial charge in [0.2, 0.25) is 0 Å². The number of carbonyl (C=O) groups excluding carboxylic acids is 1. The van der Waals surface area contributed by atoms with Crippen LogP contribution in [0.15, 0.2) is 16.8 Å². The number of nitrogens with one attached hydrogen (secondary N) is 1. The number of thiophene rings is 1. The van der Waals surface area contributed by atoms with E-state index in [1.807, 2.05) is 0 Å². The highest BCUT2D eigenvalue weighted by atomic mass is 32.1. The van der Waals surface area contributed by atoms with E-state index in [4.69, 9.17) is 0 Å². The van der Waals surface area contributed by atoms with Crippen molar-refractivity contribution >= 4 is 17.3 Å². The Labute approximate surface area is 94.5 Å². The standard InChI is InChI=1S/C11H17NO2S/c1-9(10-5-7-15-8-10)12-6-3-4-11(13)14-2/h5,7-9,12H,3-4,6H2,1-2H3. The molecule has 1 aromatic heterocycles. The predicted octanol–water partition coefficient (Wildman–Crippen LogP) is 2.35. The van der Waals surface area contributed by atoms with Gasteiger partial charge in [-0.25, -0.2) is 0 Å². The van der Waals surface area contributed by atoms with Crippen molar-refractivity contribution in [3.8, 4) is 0 Å². The van der Waals surface area contributed by atoms with Crippen LogP contribution in [0, 0.1) is 0 Å². The molecule has 0 saturated carbocycles. The topological polar surface area (TPSA) is 38.3 Å². The molecular weight excluding hydrogens is 210 g/mol. The quantitative estimate of drug-likeness (QED) is 0.599. The Morgan fingerprint density at radius 2 is 2.47 bits per heavy atom. The second kappa shape index (κ2) is 6.58. The summed E-state index contributed by atoms with van der Waals surface area (Å²) in [5.41, 5.74) is 1.30. The van der Waals surface area contributed by atoms with Gasteiger partial charge in [-0.1, -0.05) is 0 Å². The van der Waals surface area contributed by atoms with Crippen LogP contribution in [0.2, 0.25) is 0 Å². The zero-order valence-corrected chi connectivity index (χ0v) is 9.97. The van der Waals surface area contributed by atoms with Crippen molar-refractivity contribution in [3.63, 3.8) is 0 Å². The van der Waals surface area contributed by atoms with Crippen molar-refractivity contribution in [1.29, 1.82) is 0 Å². The molecule has 0 bridgehead atoms. The van der Waals surface area contributed by atoms with Gasteiger partial charge in [0.25, 0.3) is 0 Å². The number of hydrogen-bond donors (Lipinski definition) is 1. The molecule has 84 valence electrons. The molecule has 4 heteroatoms. The maximum atomic E-state index is 10.8. The van der Waals surface area contributed by atoms with Gasteiger partial charge in [0.15, 0.2) is 0 Å². The van der Waals surface area contributed by atoms with Crippen molar-refractivity contribution in [2.24, 2.45) is 0 Å². The molecule has 0 saturated heterocycles. The molecule has 0 radical (unpaired) electrons. The van der Waals surface area contributed by atoms with Gasteiger partial charge in [-0.2, -0.15) is 11.3 Å². The number of hydrogen-bond acceptors (Lipinski definition) is 4. The lowest BCUT2D eigenvalue weighted by Crippen LogP contribution is -2.20. The van der Waals surface area contributed by atoms with E-state index >= 15 is 0 Å². The number of carbonyl (C=O) groups is 1. The fourth-order valence-corrected chi connectivity index (χ4v) is 2.05. The zero-order chi connectivity index (χ0) is 11.1. The highest BCUT2D eigenvalue weighted by Crippen LogP contribution is 2.15. The number of esters is 1. The normalized spacial score (nSPS) is 12.4. The van der Waals surface area contributed by atoms with Gasteiger partial charge in [0.05, 0.1) is 7.11 Å². The third kappa shape index (κ3) is 4.44. The van der Waals surface area contributed by atoms with Crippen molar-refractivity contribution in [2.75, 3.05) is 13.7 Å². The minimum Gasteiger partial charge on any atom is -0.469 e. The molecule has 0 aliphatic heterocycles. The average Bonchev–Trinajstić information content (AvgIpc) is 2.77. The second-order valence-corrected chi connectivity index (χ2v) is 4.19. The molecule has 15 heavy (non-hydrogen) atoms. The van der Waals surface area contributed by atoms with Gasteiger partial charge < -0.3 is 10.1 Å². The fourth-order valence-electron chi connectivity index (χ4n) is 1.29. The predicted molar refractivity (Wildman–Crippen MR) is 62.0 cm³/mol. The monoisotopic (exact) mass is 227 g/mol. The highest BCUT2D eigenvalue weighted by molar-refractivity contribution is 7.07. The van der Waals surface area contributed by atoms with Crippen LogP contribution in [0.25, 0.3) is 0 Å². The van der Waals surface area contributed by atoms with E-state index in [9.17, 15) is 4.79 Å². The van der Waals surface area contributed by atoms with Crippen LogP contribution >= 0.6 is 11.3 Å². The Kier molecular flexibility index (Phi) is 5.36. The van der Waals surface area contributed by atoms with Crippen LogP contribution in [-0.2, 0) is 9.53 Å². The fraction of sp³-hybridized carbons (Fsp3) is 0.545. The lowest BCUT2D eigenvalue weighted by molar-refractivity contribution is -0.140. The summed E-state index contributed by atoms with van der Waals surface area (Å²) >= 11 is 1.70. The maximum Gasteiger partial charge on any atom is 0.305 e. The summed E-state index contributed by atoms with van der Waals surface area (Å²) in [7, 11) is 1.42. The molecule has 3 nitrogen and oxygen atoms in total. The molecule has 1 atom stereocenters. The molecule has 0 aliphatic rings. The first kappa shape index (κ1) is 12.2. The molecule has 0 amide bonds. The SMILES string of the molecule is COC(=O)CCCNC(C)c1ccsc1. The molecule has 0 aromatic carbocycles. The van der Waals surface area contributed by atoms with Crippen LogP contribution in [0.4, 0.5) is 0 Å². The van der Waals surface area contributed by atoms with Gasteiger partial charge >= 0.3 is 5.97 Å². The summed E-state index contributed by atoms with van der Waals surface area (Å²) in [4.78, 5) is 10.8. The lowest BCUT2D eigenvalue weighted by atomic mass is 10.2. The Morgan fingerprint density at radius 1 is 1.67 bits per heavy atom. The summed E-state index contributed by atoms with van der Waals surface area (Å²) in [6, 6.07) is 2.47. The van der Waals surface area contributed by atoms with Crippen molar-refractivity contribution in [1.82, 2.24) is 5.32 Å². The Balaban J connectivity index is 2.13. The van der Waals surface area contributed by atoms with Gasteiger partial charge in [-0.3, -0.25) is 4.79 Å². The number of ether oxygens (including phenoxy) is 1.